The molecule has 1 heterocycles. The van der Waals surface area contributed by atoms with Crippen molar-refractivity contribution in [2.75, 3.05) is 0 Å². The number of hydrogen-bond acceptors (Lipinski definition) is 3. The molecule has 0 saturated heterocycles. The van der Waals surface area contributed by atoms with Crippen molar-refractivity contribution in [2.45, 2.75) is 6.92 Å². The van der Waals surface area contributed by atoms with Crippen LogP contribution in [-0.2, 0) is 7.05 Å². The molecule has 0 bridgehead atoms. The van der Waals surface area contributed by atoms with Gasteiger partial charge in [-0.1, -0.05) is 5.21 Å². The van der Waals surface area contributed by atoms with Gasteiger partial charge in [-0.2, -0.15) is 5.26 Å². The Kier molecular flexibility index (Phi) is 1.52. The topological polar surface area (TPSA) is 54.5 Å². The molecule has 0 unspecified atom stereocenters. The van der Waals surface area contributed by atoms with E-state index in [0.29, 0.717) is 5.56 Å². The zero-order valence-electron chi connectivity index (χ0n) is 7.44. The van der Waals surface area contributed by atoms with Gasteiger partial charge in [0.25, 0.3) is 0 Å². The van der Waals surface area contributed by atoms with E-state index in [4.69, 9.17) is 5.26 Å². The van der Waals surface area contributed by atoms with E-state index in [0.717, 1.165) is 16.6 Å². The maximum Gasteiger partial charge on any atom is 0.114 e. The van der Waals surface area contributed by atoms with E-state index in [1.165, 1.54) is 0 Å². The third-order valence-electron chi connectivity index (χ3n) is 2.08. The molecule has 0 saturated carbocycles. The summed E-state index contributed by atoms with van der Waals surface area (Å²) < 4.78 is 1.70. The van der Waals surface area contributed by atoms with Crippen molar-refractivity contribution in [2.24, 2.45) is 7.05 Å². The second kappa shape index (κ2) is 2.56. The zero-order valence-corrected chi connectivity index (χ0v) is 7.44. The Balaban J connectivity index is 2.85. The summed E-state index contributed by atoms with van der Waals surface area (Å²) in [5, 5.41) is 16.6. The highest BCUT2D eigenvalue weighted by atomic mass is 15.4. The molecule has 13 heavy (non-hydrogen) atoms. The molecule has 0 spiro atoms. The summed E-state index contributed by atoms with van der Waals surface area (Å²) in [6.07, 6.45) is 0. The summed E-state index contributed by atoms with van der Waals surface area (Å²) in [7, 11) is 1.83. The second-order valence-electron chi connectivity index (χ2n) is 2.98. The predicted molar refractivity (Wildman–Crippen MR) is 48.0 cm³/mol. The molecule has 4 heteroatoms. The van der Waals surface area contributed by atoms with Crippen molar-refractivity contribution in [3.8, 4) is 6.07 Å². The minimum absolute atomic E-state index is 0.660. The summed E-state index contributed by atoms with van der Waals surface area (Å²) in [5.74, 6) is 0. The Morgan fingerprint density at radius 1 is 1.46 bits per heavy atom. The lowest BCUT2D eigenvalue weighted by molar-refractivity contribution is 0.736. The van der Waals surface area contributed by atoms with E-state index in [-0.39, 0.29) is 0 Å². The van der Waals surface area contributed by atoms with Gasteiger partial charge in [-0.3, -0.25) is 0 Å². The van der Waals surface area contributed by atoms with Crippen LogP contribution in [0, 0.1) is 18.3 Å². The average molecular weight is 172 g/mol. The van der Waals surface area contributed by atoms with Gasteiger partial charge < -0.3 is 0 Å². The summed E-state index contributed by atoms with van der Waals surface area (Å²) in [6, 6.07) is 5.81. The Bertz CT molecular complexity index is 504. The van der Waals surface area contributed by atoms with E-state index >= 15 is 0 Å². The van der Waals surface area contributed by atoms with Crippen molar-refractivity contribution in [3.05, 3.63) is 23.3 Å². The van der Waals surface area contributed by atoms with Gasteiger partial charge in [0.2, 0.25) is 0 Å². The van der Waals surface area contributed by atoms with Crippen LogP contribution in [0.4, 0.5) is 0 Å². The van der Waals surface area contributed by atoms with E-state index in [1.807, 2.05) is 20.0 Å². The molecule has 0 N–H and O–H groups in total. The molecule has 1 aromatic carbocycles. The van der Waals surface area contributed by atoms with E-state index < -0.39 is 0 Å². The molecule has 64 valence electrons. The largest absolute Gasteiger partial charge is 0.248 e. The Labute approximate surface area is 75.4 Å². The molecule has 0 atom stereocenters. The highest BCUT2D eigenvalue weighted by Gasteiger charge is 2.04. The van der Waals surface area contributed by atoms with E-state index in [1.54, 1.807) is 10.7 Å². The molecule has 2 rings (SSSR count). The molecular weight excluding hydrogens is 164 g/mol. The SMILES string of the molecule is Cc1cc2c(cc1C#N)nnn2C. The van der Waals surface area contributed by atoms with Crippen LogP contribution >= 0.6 is 0 Å². The van der Waals surface area contributed by atoms with E-state index in [9.17, 15) is 0 Å². The van der Waals surface area contributed by atoms with Crippen molar-refractivity contribution in [3.63, 3.8) is 0 Å². The molecule has 0 aliphatic rings. The van der Waals surface area contributed by atoms with Crippen LogP contribution < -0.4 is 0 Å². The van der Waals surface area contributed by atoms with Crippen LogP contribution in [0.1, 0.15) is 11.1 Å². The Morgan fingerprint density at radius 3 is 2.92 bits per heavy atom. The van der Waals surface area contributed by atoms with Crippen LogP contribution in [-0.4, -0.2) is 15.0 Å². The van der Waals surface area contributed by atoms with Crippen molar-refractivity contribution >= 4 is 11.0 Å². The summed E-state index contributed by atoms with van der Waals surface area (Å²) in [6.45, 7) is 1.91. The van der Waals surface area contributed by atoms with Crippen molar-refractivity contribution in [1.29, 1.82) is 5.26 Å². The molecule has 4 nitrogen and oxygen atoms in total. The third kappa shape index (κ3) is 1.05. The van der Waals surface area contributed by atoms with Gasteiger partial charge in [0.05, 0.1) is 17.1 Å². The number of nitrogens with zero attached hydrogens (tertiary/aromatic N) is 4. The smallest absolute Gasteiger partial charge is 0.114 e. The quantitative estimate of drug-likeness (QED) is 0.599. The fraction of sp³-hybridized carbons (Fsp3) is 0.222. The average Bonchev–Trinajstić information content (AvgIpc) is 2.47. The number of nitriles is 1. The highest BCUT2D eigenvalue weighted by Crippen LogP contribution is 2.16. The Hall–Kier alpha value is -1.89. The molecule has 0 aliphatic carbocycles. The molecule has 0 radical (unpaired) electrons. The Morgan fingerprint density at radius 2 is 2.23 bits per heavy atom. The van der Waals surface area contributed by atoms with Crippen LogP contribution in [0.3, 0.4) is 0 Å². The number of aromatic nitrogens is 3. The molecular formula is C9H8N4. The van der Waals surface area contributed by atoms with Gasteiger partial charge in [0.15, 0.2) is 0 Å². The summed E-state index contributed by atoms with van der Waals surface area (Å²) in [4.78, 5) is 0. The van der Waals surface area contributed by atoms with Crippen LogP contribution in [0.2, 0.25) is 0 Å². The summed E-state index contributed by atoms with van der Waals surface area (Å²) in [5.41, 5.74) is 3.34. The first kappa shape index (κ1) is 7.74. The van der Waals surface area contributed by atoms with Crippen LogP contribution in [0.5, 0.6) is 0 Å². The number of rotatable bonds is 0. The maximum atomic E-state index is 8.78. The monoisotopic (exact) mass is 172 g/mol. The minimum Gasteiger partial charge on any atom is -0.248 e. The molecule has 0 amide bonds. The number of benzene rings is 1. The first-order valence-corrected chi connectivity index (χ1v) is 3.92. The van der Waals surface area contributed by atoms with Gasteiger partial charge in [0.1, 0.15) is 5.52 Å². The first-order valence-electron chi connectivity index (χ1n) is 3.92. The lowest BCUT2D eigenvalue weighted by Gasteiger charge is -1.96. The molecule has 2 aromatic rings. The van der Waals surface area contributed by atoms with Crippen molar-refractivity contribution in [1.82, 2.24) is 15.0 Å². The fourth-order valence-electron chi connectivity index (χ4n) is 1.30. The lowest BCUT2D eigenvalue weighted by atomic mass is 10.1. The highest BCUT2D eigenvalue weighted by molar-refractivity contribution is 5.77. The number of fused-ring (bicyclic) bond motifs is 1. The number of hydrogen-bond donors (Lipinski definition) is 0. The summed E-state index contributed by atoms with van der Waals surface area (Å²) >= 11 is 0. The van der Waals surface area contributed by atoms with Gasteiger partial charge in [0, 0.05) is 7.05 Å². The fourth-order valence-corrected chi connectivity index (χ4v) is 1.30. The molecule has 0 aliphatic heterocycles. The third-order valence-corrected chi connectivity index (χ3v) is 2.08. The normalized spacial score (nSPS) is 10.2. The number of aryl methyl sites for hydroxylation is 2. The van der Waals surface area contributed by atoms with Crippen LogP contribution in [0.25, 0.3) is 11.0 Å². The van der Waals surface area contributed by atoms with Gasteiger partial charge in [-0.15, -0.1) is 5.10 Å². The molecule has 1 aromatic heterocycles. The second-order valence-corrected chi connectivity index (χ2v) is 2.98. The van der Waals surface area contributed by atoms with Crippen LogP contribution in [0.15, 0.2) is 12.1 Å². The zero-order chi connectivity index (χ0) is 9.42. The minimum atomic E-state index is 0.660. The predicted octanol–water partition coefficient (Wildman–Crippen LogP) is 1.15. The van der Waals surface area contributed by atoms with Gasteiger partial charge in [-0.05, 0) is 24.6 Å². The van der Waals surface area contributed by atoms with Gasteiger partial charge in [-0.25, -0.2) is 4.68 Å². The lowest BCUT2D eigenvalue weighted by Crippen LogP contribution is -1.90. The maximum absolute atomic E-state index is 8.78. The molecule has 0 fully saturated rings. The van der Waals surface area contributed by atoms with Crippen molar-refractivity contribution < 1.29 is 0 Å². The standard InChI is InChI=1S/C9H8N4/c1-6-3-9-8(4-7(6)5-10)11-12-13(9)2/h3-4H,1-2H3. The van der Waals surface area contributed by atoms with Gasteiger partial charge >= 0.3 is 0 Å². The van der Waals surface area contributed by atoms with E-state index in [2.05, 4.69) is 16.4 Å². The first-order chi connectivity index (χ1) is 6.22.